The van der Waals surface area contributed by atoms with E-state index in [0.717, 1.165) is 18.4 Å². The maximum atomic E-state index is 12.2. The standard InChI is InChI=1S/C15H16O3/c1-8-11-13(17)12(16)9-6-4-5-7-10(9)14(11)18-15(8,2)3/h6-8H,4-5H2,1-3H3. The van der Waals surface area contributed by atoms with Gasteiger partial charge < -0.3 is 4.74 Å². The zero-order valence-electron chi connectivity index (χ0n) is 10.9. The van der Waals surface area contributed by atoms with Crippen LogP contribution in [0.2, 0.25) is 0 Å². The lowest BCUT2D eigenvalue weighted by Crippen LogP contribution is -2.31. The molecular formula is C15H16O3. The summed E-state index contributed by atoms with van der Waals surface area (Å²) < 4.78 is 5.95. The summed E-state index contributed by atoms with van der Waals surface area (Å²) in [6.45, 7) is 5.87. The number of carbonyl (C=O) groups is 2. The van der Waals surface area contributed by atoms with Crippen LogP contribution >= 0.6 is 0 Å². The molecule has 0 saturated carbocycles. The molecule has 0 radical (unpaired) electrons. The van der Waals surface area contributed by atoms with Gasteiger partial charge in [0.2, 0.25) is 11.6 Å². The normalized spacial score (nSPS) is 29.4. The summed E-state index contributed by atoms with van der Waals surface area (Å²) in [6, 6.07) is 0. The average molecular weight is 244 g/mol. The molecule has 0 fully saturated rings. The van der Waals surface area contributed by atoms with Crippen molar-refractivity contribution < 1.29 is 14.3 Å². The van der Waals surface area contributed by atoms with Crippen molar-refractivity contribution in [2.75, 3.05) is 0 Å². The molecule has 3 nitrogen and oxygen atoms in total. The fourth-order valence-corrected chi connectivity index (χ4v) is 2.80. The van der Waals surface area contributed by atoms with E-state index >= 15 is 0 Å². The van der Waals surface area contributed by atoms with Crippen LogP contribution in [-0.2, 0) is 14.3 Å². The van der Waals surface area contributed by atoms with Gasteiger partial charge in [0, 0.05) is 17.1 Å². The molecule has 0 aromatic rings. The third kappa shape index (κ3) is 1.30. The number of ketones is 2. The molecule has 1 atom stereocenters. The van der Waals surface area contributed by atoms with Gasteiger partial charge in [-0.2, -0.15) is 0 Å². The lowest BCUT2D eigenvalue weighted by Gasteiger charge is -2.25. The fraction of sp³-hybridized carbons (Fsp3) is 0.467. The Morgan fingerprint density at radius 2 is 1.72 bits per heavy atom. The van der Waals surface area contributed by atoms with Crippen molar-refractivity contribution in [3.8, 4) is 0 Å². The molecule has 2 aliphatic carbocycles. The second-order valence-electron chi connectivity index (χ2n) is 5.64. The Morgan fingerprint density at radius 1 is 1.11 bits per heavy atom. The Hall–Kier alpha value is -1.64. The van der Waals surface area contributed by atoms with Gasteiger partial charge in [-0.3, -0.25) is 9.59 Å². The molecule has 1 heterocycles. The predicted molar refractivity (Wildman–Crippen MR) is 66.8 cm³/mol. The highest BCUT2D eigenvalue weighted by Gasteiger charge is 2.49. The van der Waals surface area contributed by atoms with E-state index in [-0.39, 0.29) is 17.5 Å². The minimum Gasteiger partial charge on any atom is -0.486 e. The van der Waals surface area contributed by atoms with E-state index in [2.05, 4.69) is 0 Å². The van der Waals surface area contributed by atoms with E-state index in [9.17, 15) is 9.59 Å². The topological polar surface area (TPSA) is 43.4 Å². The summed E-state index contributed by atoms with van der Waals surface area (Å²) >= 11 is 0. The summed E-state index contributed by atoms with van der Waals surface area (Å²) in [5, 5.41) is 0. The van der Waals surface area contributed by atoms with Gasteiger partial charge in [-0.25, -0.2) is 0 Å². The van der Waals surface area contributed by atoms with E-state index in [1.165, 1.54) is 0 Å². The molecule has 1 aliphatic heterocycles. The van der Waals surface area contributed by atoms with E-state index in [1.807, 2.05) is 32.9 Å². The number of fused-ring (bicyclic) bond motifs is 2. The Morgan fingerprint density at radius 3 is 2.39 bits per heavy atom. The largest absolute Gasteiger partial charge is 0.486 e. The summed E-state index contributed by atoms with van der Waals surface area (Å²) in [7, 11) is 0. The molecule has 0 N–H and O–H groups in total. The second kappa shape index (κ2) is 3.44. The quantitative estimate of drug-likeness (QED) is 0.615. The van der Waals surface area contributed by atoms with Crippen LogP contribution in [-0.4, -0.2) is 17.2 Å². The van der Waals surface area contributed by atoms with Gasteiger partial charge >= 0.3 is 0 Å². The van der Waals surface area contributed by atoms with Crippen molar-refractivity contribution in [3.05, 3.63) is 34.6 Å². The summed E-state index contributed by atoms with van der Waals surface area (Å²) in [5.74, 6) is -0.155. The zero-order chi connectivity index (χ0) is 13.1. The summed E-state index contributed by atoms with van der Waals surface area (Å²) in [6.07, 6.45) is 5.59. The highest BCUT2D eigenvalue weighted by molar-refractivity contribution is 6.51. The van der Waals surface area contributed by atoms with Gasteiger partial charge in [-0.1, -0.05) is 19.1 Å². The molecule has 1 unspecified atom stereocenters. The van der Waals surface area contributed by atoms with Gasteiger partial charge in [-0.15, -0.1) is 0 Å². The van der Waals surface area contributed by atoms with Crippen molar-refractivity contribution in [1.82, 2.24) is 0 Å². The number of ether oxygens (including phenoxy) is 1. The van der Waals surface area contributed by atoms with Crippen LogP contribution in [0.15, 0.2) is 34.6 Å². The highest BCUT2D eigenvalue weighted by atomic mass is 16.5. The first-order valence-corrected chi connectivity index (χ1v) is 6.37. The van der Waals surface area contributed by atoms with Crippen LogP contribution < -0.4 is 0 Å². The molecule has 3 rings (SSSR count). The Labute approximate surface area is 106 Å². The second-order valence-corrected chi connectivity index (χ2v) is 5.64. The molecule has 94 valence electrons. The highest BCUT2D eigenvalue weighted by Crippen LogP contribution is 2.47. The third-order valence-corrected chi connectivity index (χ3v) is 4.18. The first kappa shape index (κ1) is 11.5. The smallest absolute Gasteiger partial charge is 0.233 e. The number of allylic oxidation sites excluding steroid dienone is 3. The number of carbonyl (C=O) groups excluding carboxylic acids is 2. The first-order valence-electron chi connectivity index (χ1n) is 6.37. The minimum absolute atomic E-state index is 0.0478. The number of hydrogen-bond donors (Lipinski definition) is 0. The van der Waals surface area contributed by atoms with Crippen molar-refractivity contribution in [2.45, 2.75) is 39.2 Å². The first-order chi connectivity index (χ1) is 8.43. The van der Waals surface area contributed by atoms with E-state index in [1.54, 1.807) is 0 Å². The van der Waals surface area contributed by atoms with Crippen molar-refractivity contribution in [2.24, 2.45) is 5.92 Å². The lowest BCUT2D eigenvalue weighted by atomic mass is 9.77. The van der Waals surface area contributed by atoms with Gasteiger partial charge in [0.15, 0.2) is 0 Å². The Bertz CT molecular complexity index is 558. The van der Waals surface area contributed by atoms with Crippen LogP contribution in [0.4, 0.5) is 0 Å². The molecule has 0 bridgehead atoms. The molecule has 0 spiro atoms. The van der Waals surface area contributed by atoms with Crippen LogP contribution in [0.1, 0.15) is 33.6 Å². The zero-order valence-corrected chi connectivity index (χ0v) is 10.9. The number of hydrogen-bond acceptors (Lipinski definition) is 3. The van der Waals surface area contributed by atoms with E-state index < -0.39 is 5.60 Å². The van der Waals surface area contributed by atoms with Crippen molar-refractivity contribution in [3.63, 3.8) is 0 Å². The molecule has 18 heavy (non-hydrogen) atoms. The Kier molecular flexibility index (Phi) is 2.19. The molecule has 0 amide bonds. The fourth-order valence-electron chi connectivity index (χ4n) is 2.80. The molecule has 3 heteroatoms. The van der Waals surface area contributed by atoms with Crippen LogP contribution in [0.25, 0.3) is 0 Å². The molecule has 0 saturated heterocycles. The average Bonchev–Trinajstić information content (AvgIpc) is 2.58. The number of rotatable bonds is 0. The van der Waals surface area contributed by atoms with Gasteiger partial charge in [0.25, 0.3) is 0 Å². The van der Waals surface area contributed by atoms with Crippen LogP contribution in [0.3, 0.4) is 0 Å². The van der Waals surface area contributed by atoms with Crippen LogP contribution in [0.5, 0.6) is 0 Å². The number of Topliss-reactive ketones (excluding diaryl/α,β-unsaturated/α-hetero) is 2. The Balaban J connectivity index is 2.21. The SMILES string of the molecule is CC1C2=C(OC1(C)C)C1=CCCC=C1C(=O)C2=O. The van der Waals surface area contributed by atoms with E-state index in [4.69, 9.17) is 4.74 Å². The predicted octanol–water partition coefficient (Wildman–Crippen LogP) is 2.48. The van der Waals surface area contributed by atoms with Crippen molar-refractivity contribution >= 4 is 11.6 Å². The van der Waals surface area contributed by atoms with Crippen molar-refractivity contribution in [1.29, 1.82) is 0 Å². The van der Waals surface area contributed by atoms with Gasteiger partial charge in [0.1, 0.15) is 11.4 Å². The van der Waals surface area contributed by atoms with Gasteiger partial charge in [-0.05, 0) is 26.7 Å². The van der Waals surface area contributed by atoms with Crippen LogP contribution in [0, 0.1) is 5.92 Å². The molecule has 3 aliphatic rings. The molecule has 0 aromatic heterocycles. The van der Waals surface area contributed by atoms with E-state index in [0.29, 0.717) is 16.9 Å². The summed E-state index contributed by atoms with van der Waals surface area (Å²) in [5.41, 5.74) is 1.51. The maximum absolute atomic E-state index is 12.2. The molecular weight excluding hydrogens is 228 g/mol. The lowest BCUT2D eigenvalue weighted by molar-refractivity contribution is -0.132. The molecule has 0 aromatic carbocycles. The van der Waals surface area contributed by atoms with Gasteiger partial charge in [0.05, 0.1) is 5.57 Å². The maximum Gasteiger partial charge on any atom is 0.233 e. The minimum atomic E-state index is -0.422. The summed E-state index contributed by atoms with van der Waals surface area (Å²) in [4.78, 5) is 24.3. The monoisotopic (exact) mass is 244 g/mol. The third-order valence-electron chi connectivity index (χ3n) is 4.18.